The molecule has 36 heavy (non-hydrogen) atoms. The summed E-state index contributed by atoms with van der Waals surface area (Å²) in [5, 5.41) is 3.18. The van der Waals surface area contributed by atoms with E-state index in [0.717, 1.165) is 5.56 Å². The minimum absolute atomic E-state index is 0.108. The van der Waals surface area contributed by atoms with Crippen LogP contribution in [-0.4, -0.2) is 55.9 Å². The molecular weight excluding hydrogens is 464 g/mol. The van der Waals surface area contributed by atoms with Crippen molar-refractivity contribution in [2.45, 2.75) is 65.0 Å². The minimum Gasteiger partial charge on any atom is -0.493 e. The van der Waals surface area contributed by atoms with Gasteiger partial charge in [0.1, 0.15) is 11.9 Å². The Morgan fingerprint density at radius 3 is 2.36 bits per heavy atom. The summed E-state index contributed by atoms with van der Waals surface area (Å²) < 4.78 is 27.9. The zero-order valence-corrected chi connectivity index (χ0v) is 21.7. The van der Waals surface area contributed by atoms with E-state index in [2.05, 4.69) is 10.3 Å². The fraction of sp³-hybridized carbons (Fsp3) is 0.519. The van der Waals surface area contributed by atoms with Crippen molar-refractivity contribution in [3.8, 4) is 23.1 Å². The number of methoxy groups -OCH3 is 1. The lowest BCUT2D eigenvalue weighted by Crippen LogP contribution is -2.44. The molecule has 1 aliphatic rings. The highest BCUT2D eigenvalue weighted by Crippen LogP contribution is 2.39. The summed E-state index contributed by atoms with van der Waals surface area (Å²) in [5.41, 5.74) is 1.31. The van der Waals surface area contributed by atoms with Gasteiger partial charge in [-0.05, 0) is 57.7 Å². The lowest BCUT2D eigenvalue weighted by atomic mass is 9.78. The van der Waals surface area contributed by atoms with Gasteiger partial charge in [-0.15, -0.1) is 0 Å². The molecule has 0 aliphatic heterocycles. The average Bonchev–Trinajstić information content (AvgIpc) is 2.85. The SMILES string of the molecule is CCOc1cc(OCC)c(C(=O)N[C@@H]2CC[C@@H](OC(C)=O)C[C@@H]2c2ccc(OC)c(OCC)c2)cn1. The molecule has 1 saturated carbocycles. The number of benzene rings is 1. The molecule has 1 aromatic carbocycles. The Hall–Kier alpha value is -3.49. The van der Waals surface area contributed by atoms with Gasteiger partial charge in [0, 0.05) is 31.1 Å². The number of nitrogens with one attached hydrogen (secondary N) is 1. The van der Waals surface area contributed by atoms with Gasteiger partial charge >= 0.3 is 5.97 Å². The number of amides is 1. The Labute approximate surface area is 212 Å². The topological polar surface area (TPSA) is 105 Å². The highest BCUT2D eigenvalue weighted by molar-refractivity contribution is 5.97. The quantitative estimate of drug-likeness (QED) is 0.456. The fourth-order valence-electron chi connectivity index (χ4n) is 4.54. The summed E-state index contributed by atoms with van der Waals surface area (Å²) in [6.07, 6.45) is 3.10. The molecule has 0 spiro atoms. The normalized spacial score (nSPS) is 19.2. The van der Waals surface area contributed by atoms with Crippen LogP contribution in [0.15, 0.2) is 30.5 Å². The molecule has 1 fully saturated rings. The molecule has 9 nitrogen and oxygen atoms in total. The zero-order chi connectivity index (χ0) is 26.1. The second kappa shape index (κ2) is 13.0. The van der Waals surface area contributed by atoms with Gasteiger partial charge in [-0.3, -0.25) is 9.59 Å². The Balaban J connectivity index is 1.89. The van der Waals surface area contributed by atoms with E-state index in [1.165, 1.54) is 13.1 Å². The number of rotatable bonds is 11. The maximum absolute atomic E-state index is 13.4. The van der Waals surface area contributed by atoms with Crippen LogP contribution in [-0.2, 0) is 9.53 Å². The van der Waals surface area contributed by atoms with Crippen LogP contribution in [0.2, 0.25) is 0 Å². The smallest absolute Gasteiger partial charge is 0.302 e. The molecule has 1 aliphatic carbocycles. The molecule has 0 saturated heterocycles. The first kappa shape index (κ1) is 27.1. The van der Waals surface area contributed by atoms with Crippen LogP contribution in [0.1, 0.15) is 68.8 Å². The van der Waals surface area contributed by atoms with Crippen molar-refractivity contribution in [3.63, 3.8) is 0 Å². The van der Waals surface area contributed by atoms with Crippen LogP contribution < -0.4 is 24.3 Å². The van der Waals surface area contributed by atoms with E-state index in [1.54, 1.807) is 13.2 Å². The molecule has 3 atom stereocenters. The molecule has 0 unspecified atom stereocenters. The van der Waals surface area contributed by atoms with Crippen molar-refractivity contribution in [2.24, 2.45) is 0 Å². The van der Waals surface area contributed by atoms with E-state index in [0.29, 0.717) is 67.8 Å². The van der Waals surface area contributed by atoms with Gasteiger partial charge in [0.25, 0.3) is 5.91 Å². The maximum Gasteiger partial charge on any atom is 0.302 e. The standard InChI is InChI=1S/C27H36N2O7/c1-6-33-24-15-26(35-8-3)28-16-21(24)27(31)29-22-11-10-19(36-17(4)30)14-20(22)18-9-12-23(32-5)25(13-18)34-7-2/h9,12-13,15-16,19-20,22H,6-8,10-11,14H2,1-5H3,(H,29,31)/t19-,20-,22-/m1/s1. The van der Waals surface area contributed by atoms with Crippen LogP contribution in [0.3, 0.4) is 0 Å². The van der Waals surface area contributed by atoms with Crippen molar-refractivity contribution in [1.29, 1.82) is 0 Å². The van der Waals surface area contributed by atoms with Gasteiger partial charge in [-0.1, -0.05) is 6.07 Å². The number of pyridine rings is 1. The summed E-state index contributed by atoms with van der Waals surface area (Å²) in [5.74, 6) is 1.38. The molecule has 1 amide bonds. The lowest BCUT2D eigenvalue weighted by molar-refractivity contribution is -0.148. The number of esters is 1. The Morgan fingerprint density at radius 1 is 0.972 bits per heavy atom. The lowest BCUT2D eigenvalue weighted by Gasteiger charge is -2.36. The molecular formula is C27H36N2O7. The number of ether oxygens (including phenoxy) is 5. The minimum atomic E-state index is -0.312. The van der Waals surface area contributed by atoms with E-state index in [4.69, 9.17) is 23.7 Å². The number of nitrogens with zero attached hydrogens (tertiary/aromatic N) is 1. The summed E-state index contributed by atoms with van der Waals surface area (Å²) in [4.78, 5) is 29.3. The number of aromatic nitrogens is 1. The molecule has 0 radical (unpaired) electrons. The van der Waals surface area contributed by atoms with Gasteiger partial charge in [0.15, 0.2) is 11.5 Å². The summed E-state index contributed by atoms with van der Waals surface area (Å²) in [6.45, 7) is 8.40. The van der Waals surface area contributed by atoms with Crippen LogP contribution in [0.25, 0.3) is 0 Å². The van der Waals surface area contributed by atoms with Gasteiger partial charge in [0.05, 0.1) is 32.5 Å². The van der Waals surface area contributed by atoms with E-state index >= 15 is 0 Å². The predicted molar refractivity (Wildman–Crippen MR) is 134 cm³/mol. The Bertz CT molecular complexity index is 1040. The molecule has 0 bridgehead atoms. The van der Waals surface area contributed by atoms with E-state index in [-0.39, 0.29) is 29.9 Å². The van der Waals surface area contributed by atoms with E-state index < -0.39 is 0 Å². The van der Waals surface area contributed by atoms with Gasteiger partial charge in [-0.2, -0.15) is 0 Å². The molecule has 196 valence electrons. The third kappa shape index (κ3) is 6.80. The van der Waals surface area contributed by atoms with Crippen molar-refractivity contribution in [2.75, 3.05) is 26.9 Å². The molecule has 9 heteroatoms. The van der Waals surface area contributed by atoms with Crippen LogP contribution in [0, 0.1) is 0 Å². The van der Waals surface area contributed by atoms with E-state index in [9.17, 15) is 9.59 Å². The molecule has 1 heterocycles. The Kier molecular flexibility index (Phi) is 9.78. The first-order chi connectivity index (χ1) is 17.4. The number of carbonyl (C=O) groups excluding carboxylic acids is 2. The summed E-state index contributed by atoms with van der Waals surface area (Å²) in [7, 11) is 1.60. The first-order valence-corrected chi connectivity index (χ1v) is 12.4. The average molecular weight is 501 g/mol. The number of hydrogen-bond acceptors (Lipinski definition) is 8. The van der Waals surface area contributed by atoms with Gasteiger partial charge < -0.3 is 29.0 Å². The van der Waals surface area contributed by atoms with Crippen molar-refractivity contribution in [3.05, 3.63) is 41.6 Å². The monoisotopic (exact) mass is 500 g/mol. The molecule has 1 N–H and O–H groups in total. The third-order valence-electron chi connectivity index (χ3n) is 6.04. The summed E-state index contributed by atoms with van der Waals surface area (Å²) >= 11 is 0. The third-order valence-corrected chi connectivity index (χ3v) is 6.04. The first-order valence-electron chi connectivity index (χ1n) is 12.4. The van der Waals surface area contributed by atoms with Crippen LogP contribution in [0.4, 0.5) is 0 Å². The van der Waals surface area contributed by atoms with Crippen molar-refractivity contribution < 1.29 is 33.3 Å². The second-order valence-electron chi connectivity index (χ2n) is 8.46. The maximum atomic E-state index is 13.4. The molecule has 2 aromatic rings. The highest BCUT2D eigenvalue weighted by Gasteiger charge is 2.35. The van der Waals surface area contributed by atoms with Gasteiger partial charge in [-0.25, -0.2) is 4.98 Å². The highest BCUT2D eigenvalue weighted by atomic mass is 16.5. The summed E-state index contributed by atoms with van der Waals surface area (Å²) in [6, 6.07) is 7.19. The van der Waals surface area contributed by atoms with E-state index in [1.807, 2.05) is 39.0 Å². The van der Waals surface area contributed by atoms with Crippen molar-refractivity contribution >= 4 is 11.9 Å². The van der Waals surface area contributed by atoms with Crippen molar-refractivity contribution in [1.82, 2.24) is 10.3 Å². The van der Waals surface area contributed by atoms with Crippen LogP contribution in [0.5, 0.6) is 23.1 Å². The molecule has 1 aromatic heterocycles. The van der Waals surface area contributed by atoms with Gasteiger partial charge in [0.2, 0.25) is 5.88 Å². The number of carbonyl (C=O) groups is 2. The molecule has 3 rings (SSSR count). The largest absolute Gasteiger partial charge is 0.493 e. The zero-order valence-electron chi connectivity index (χ0n) is 21.7. The second-order valence-corrected chi connectivity index (χ2v) is 8.46. The fourth-order valence-corrected chi connectivity index (χ4v) is 4.54. The van der Waals surface area contributed by atoms with Crippen LogP contribution >= 0.6 is 0 Å². The Morgan fingerprint density at radius 2 is 1.69 bits per heavy atom. The number of hydrogen-bond donors (Lipinski definition) is 1. The predicted octanol–water partition coefficient (Wildman–Crippen LogP) is 4.28.